The molecule has 0 saturated carbocycles. The van der Waals surface area contributed by atoms with Crippen molar-refractivity contribution in [1.29, 1.82) is 0 Å². The Morgan fingerprint density at radius 1 is 0.538 bits per heavy atom. The van der Waals surface area contributed by atoms with E-state index in [2.05, 4.69) is 85.3 Å². The van der Waals surface area contributed by atoms with Crippen LogP contribution in [0.2, 0.25) is 0 Å². The summed E-state index contributed by atoms with van der Waals surface area (Å²) in [5.41, 5.74) is 5.35. The van der Waals surface area contributed by atoms with E-state index in [0.717, 1.165) is 0 Å². The molecule has 0 amide bonds. The fourth-order valence-corrected chi connectivity index (χ4v) is 5.40. The van der Waals surface area contributed by atoms with E-state index in [1.54, 1.807) is 0 Å². The molecule has 0 N–H and O–H groups in total. The van der Waals surface area contributed by atoms with Gasteiger partial charge in [0.1, 0.15) is 0 Å². The SMILES string of the molecule is Cc1ccc2c(-c3cccs3)c(-c3cccs3)c3ccc(C)cc3c2c1. The second-order valence-electron chi connectivity index (χ2n) is 6.80. The summed E-state index contributed by atoms with van der Waals surface area (Å²) in [4.78, 5) is 2.68. The quantitative estimate of drug-likeness (QED) is 0.276. The molecule has 0 spiro atoms. The van der Waals surface area contributed by atoms with Gasteiger partial charge in [0.2, 0.25) is 0 Å². The van der Waals surface area contributed by atoms with E-state index in [4.69, 9.17) is 0 Å². The first-order valence-electron chi connectivity index (χ1n) is 8.77. The Kier molecular flexibility index (Phi) is 3.70. The van der Waals surface area contributed by atoms with E-state index in [1.807, 2.05) is 22.7 Å². The van der Waals surface area contributed by atoms with Crippen LogP contribution >= 0.6 is 22.7 Å². The maximum Gasteiger partial charge on any atom is 0.0355 e. The zero-order chi connectivity index (χ0) is 17.7. The van der Waals surface area contributed by atoms with Gasteiger partial charge in [0.25, 0.3) is 0 Å². The molecule has 0 aliphatic rings. The molecule has 0 unspecified atom stereocenters. The number of hydrogen-bond donors (Lipinski definition) is 0. The highest BCUT2D eigenvalue weighted by Crippen LogP contribution is 2.47. The normalized spacial score (nSPS) is 11.5. The highest BCUT2D eigenvalue weighted by atomic mass is 32.1. The Bertz CT molecular complexity index is 1130. The average Bonchev–Trinajstić information content (AvgIpc) is 3.34. The van der Waals surface area contributed by atoms with E-state index in [-0.39, 0.29) is 0 Å². The van der Waals surface area contributed by atoms with Crippen molar-refractivity contribution in [2.75, 3.05) is 0 Å². The predicted octanol–water partition coefficient (Wildman–Crippen LogP) is 8.07. The topological polar surface area (TPSA) is 0 Å². The number of thiophene rings is 2. The molecule has 126 valence electrons. The molecule has 2 heteroatoms. The Labute approximate surface area is 161 Å². The van der Waals surface area contributed by atoms with E-state index < -0.39 is 0 Å². The first-order chi connectivity index (χ1) is 12.7. The molecule has 0 aliphatic heterocycles. The van der Waals surface area contributed by atoms with Gasteiger partial charge in [0.15, 0.2) is 0 Å². The van der Waals surface area contributed by atoms with Gasteiger partial charge in [-0.2, -0.15) is 0 Å². The highest BCUT2D eigenvalue weighted by molar-refractivity contribution is 7.14. The Morgan fingerprint density at radius 2 is 1.00 bits per heavy atom. The van der Waals surface area contributed by atoms with Crippen molar-refractivity contribution in [2.45, 2.75) is 13.8 Å². The Hall–Kier alpha value is -2.42. The molecule has 0 fully saturated rings. The minimum Gasteiger partial charge on any atom is -0.144 e. The third kappa shape index (κ3) is 2.41. The van der Waals surface area contributed by atoms with E-state index in [0.29, 0.717) is 0 Å². The van der Waals surface area contributed by atoms with Crippen LogP contribution in [0.1, 0.15) is 11.1 Å². The van der Waals surface area contributed by atoms with Crippen LogP contribution in [0.5, 0.6) is 0 Å². The second-order valence-corrected chi connectivity index (χ2v) is 8.70. The first kappa shape index (κ1) is 15.8. The smallest absolute Gasteiger partial charge is 0.0355 e. The van der Waals surface area contributed by atoms with Crippen molar-refractivity contribution in [3.05, 3.63) is 82.6 Å². The summed E-state index contributed by atoms with van der Waals surface area (Å²) in [5.74, 6) is 0. The number of rotatable bonds is 2. The van der Waals surface area contributed by atoms with Crippen LogP contribution in [0, 0.1) is 13.8 Å². The van der Waals surface area contributed by atoms with E-state index >= 15 is 0 Å². The molecule has 2 heterocycles. The van der Waals surface area contributed by atoms with Crippen molar-refractivity contribution in [2.24, 2.45) is 0 Å². The van der Waals surface area contributed by atoms with Crippen molar-refractivity contribution >= 4 is 44.2 Å². The zero-order valence-corrected chi connectivity index (χ0v) is 16.4. The third-order valence-corrected chi connectivity index (χ3v) is 6.74. The van der Waals surface area contributed by atoms with Crippen LogP contribution in [-0.4, -0.2) is 0 Å². The van der Waals surface area contributed by atoms with Crippen molar-refractivity contribution in [3.63, 3.8) is 0 Å². The van der Waals surface area contributed by atoms with Gasteiger partial charge in [0.05, 0.1) is 0 Å². The van der Waals surface area contributed by atoms with Crippen molar-refractivity contribution in [3.8, 4) is 20.9 Å². The van der Waals surface area contributed by atoms with Crippen LogP contribution in [0.15, 0.2) is 71.4 Å². The molecular formula is C24H18S2. The molecule has 0 aliphatic carbocycles. The molecule has 0 nitrogen and oxygen atoms in total. The number of aryl methyl sites for hydroxylation is 2. The van der Waals surface area contributed by atoms with Crippen LogP contribution < -0.4 is 0 Å². The average molecular weight is 371 g/mol. The number of benzene rings is 3. The maximum absolute atomic E-state index is 2.34. The fourth-order valence-electron chi connectivity index (χ4n) is 3.82. The molecule has 0 bridgehead atoms. The largest absolute Gasteiger partial charge is 0.144 e. The minimum absolute atomic E-state index is 1.31. The summed E-state index contributed by atoms with van der Waals surface area (Å²) in [6.45, 7) is 4.36. The molecule has 3 aromatic carbocycles. The van der Waals surface area contributed by atoms with Crippen LogP contribution in [0.4, 0.5) is 0 Å². The van der Waals surface area contributed by atoms with Crippen molar-refractivity contribution < 1.29 is 0 Å². The molecule has 2 aromatic heterocycles. The molecule has 0 radical (unpaired) electrons. The number of fused-ring (bicyclic) bond motifs is 3. The van der Waals surface area contributed by atoms with E-state index in [1.165, 1.54) is 53.6 Å². The van der Waals surface area contributed by atoms with Crippen LogP contribution in [0.25, 0.3) is 42.4 Å². The van der Waals surface area contributed by atoms with Gasteiger partial charge in [-0.3, -0.25) is 0 Å². The van der Waals surface area contributed by atoms with Crippen LogP contribution in [-0.2, 0) is 0 Å². The van der Waals surface area contributed by atoms with Crippen LogP contribution in [0.3, 0.4) is 0 Å². The van der Waals surface area contributed by atoms with Gasteiger partial charge in [-0.1, -0.05) is 59.7 Å². The monoisotopic (exact) mass is 370 g/mol. The molecule has 0 saturated heterocycles. The summed E-state index contributed by atoms with van der Waals surface area (Å²) in [5, 5.41) is 9.75. The van der Waals surface area contributed by atoms with Gasteiger partial charge in [-0.05, 0) is 58.3 Å². The van der Waals surface area contributed by atoms with Gasteiger partial charge >= 0.3 is 0 Å². The second kappa shape index (κ2) is 6.08. The molecule has 5 rings (SSSR count). The summed E-state index contributed by atoms with van der Waals surface area (Å²) in [6.07, 6.45) is 0. The summed E-state index contributed by atoms with van der Waals surface area (Å²) in [7, 11) is 0. The lowest BCUT2D eigenvalue weighted by molar-refractivity contribution is 1.50. The van der Waals surface area contributed by atoms with Crippen molar-refractivity contribution in [1.82, 2.24) is 0 Å². The summed E-state index contributed by atoms with van der Waals surface area (Å²) < 4.78 is 0. The standard InChI is InChI=1S/C24H18S2/c1-15-7-9-17-19(13-15)20-14-16(2)8-10-18(20)24(22-6-4-12-26-22)23(17)21-5-3-11-25-21/h3-14H,1-2H3. The lowest BCUT2D eigenvalue weighted by Crippen LogP contribution is -1.90. The Morgan fingerprint density at radius 3 is 1.38 bits per heavy atom. The maximum atomic E-state index is 2.34. The zero-order valence-electron chi connectivity index (χ0n) is 14.7. The fraction of sp³-hybridized carbons (Fsp3) is 0.0833. The predicted molar refractivity (Wildman–Crippen MR) is 118 cm³/mol. The lowest BCUT2D eigenvalue weighted by atomic mass is 9.88. The van der Waals surface area contributed by atoms with Gasteiger partial charge in [-0.15, -0.1) is 22.7 Å². The lowest BCUT2D eigenvalue weighted by Gasteiger charge is -2.17. The number of hydrogen-bond acceptors (Lipinski definition) is 2. The minimum atomic E-state index is 1.31. The highest BCUT2D eigenvalue weighted by Gasteiger charge is 2.18. The molecule has 0 atom stereocenters. The molecule has 5 aromatic rings. The Balaban J connectivity index is 2.08. The van der Waals surface area contributed by atoms with Gasteiger partial charge < -0.3 is 0 Å². The van der Waals surface area contributed by atoms with E-state index in [9.17, 15) is 0 Å². The first-order valence-corrected chi connectivity index (χ1v) is 10.5. The third-order valence-electron chi connectivity index (χ3n) is 4.96. The summed E-state index contributed by atoms with van der Waals surface area (Å²) in [6, 6.07) is 22.6. The van der Waals surface area contributed by atoms with Gasteiger partial charge in [0, 0.05) is 20.9 Å². The molecule has 26 heavy (non-hydrogen) atoms. The molecular weight excluding hydrogens is 352 g/mol. The van der Waals surface area contributed by atoms with Gasteiger partial charge in [-0.25, -0.2) is 0 Å². The summed E-state index contributed by atoms with van der Waals surface area (Å²) >= 11 is 3.65.